The number of carbonyl (C=O) groups excluding carboxylic acids is 1. The van der Waals surface area contributed by atoms with Gasteiger partial charge in [0, 0.05) is 5.69 Å². The Hall–Kier alpha value is -2.23. The van der Waals surface area contributed by atoms with Crippen molar-refractivity contribution >= 4 is 11.6 Å². The molecule has 0 bridgehead atoms. The minimum absolute atomic E-state index is 0.229. The van der Waals surface area contributed by atoms with Gasteiger partial charge in [-0.3, -0.25) is 4.79 Å². The number of anilines is 1. The van der Waals surface area contributed by atoms with Gasteiger partial charge in [0.1, 0.15) is 0 Å². The number of aromatic nitrogens is 2. The first-order valence-corrected chi connectivity index (χ1v) is 7.11. The Morgan fingerprint density at radius 1 is 1.05 bits per heavy atom. The molecule has 2 aromatic rings. The lowest BCUT2D eigenvalue weighted by molar-refractivity contribution is 0.102. The predicted octanol–water partition coefficient (Wildman–Crippen LogP) is 3.78. The van der Waals surface area contributed by atoms with Crippen molar-refractivity contribution in [2.24, 2.45) is 0 Å². The maximum absolute atomic E-state index is 12.3. The Kier molecular flexibility index (Phi) is 4.36. The van der Waals surface area contributed by atoms with Gasteiger partial charge in [-0.1, -0.05) is 31.5 Å². The molecule has 21 heavy (non-hydrogen) atoms. The standard InChI is InChI=1S/C17H21N3O/c1-10(2)14-6-7-15(20-19-14)17(21)18-16-12(4)8-11(3)9-13(16)5/h6-10H,1-5H3,(H,18,21). The molecule has 1 N–H and O–H groups in total. The molecule has 0 saturated heterocycles. The van der Waals surface area contributed by atoms with Gasteiger partial charge in [0.15, 0.2) is 5.69 Å². The van der Waals surface area contributed by atoms with E-state index in [1.54, 1.807) is 6.07 Å². The smallest absolute Gasteiger partial charge is 0.276 e. The summed E-state index contributed by atoms with van der Waals surface area (Å²) in [5, 5.41) is 11.0. The Labute approximate surface area is 125 Å². The van der Waals surface area contributed by atoms with Crippen molar-refractivity contribution < 1.29 is 4.79 Å². The van der Waals surface area contributed by atoms with Crippen molar-refractivity contribution in [2.75, 3.05) is 5.32 Å². The van der Waals surface area contributed by atoms with Gasteiger partial charge in [-0.05, 0) is 49.9 Å². The van der Waals surface area contributed by atoms with E-state index in [-0.39, 0.29) is 5.91 Å². The number of hydrogen-bond acceptors (Lipinski definition) is 3. The second-order valence-corrected chi connectivity index (χ2v) is 5.73. The second-order valence-electron chi connectivity index (χ2n) is 5.73. The lowest BCUT2D eigenvalue weighted by Crippen LogP contribution is -2.16. The summed E-state index contributed by atoms with van der Waals surface area (Å²) in [7, 11) is 0. The normalized spacial score (nSPS) is 10.8. The van der Waals surface area contributed by atoms with Crippen molar-refractivity contribution in [1.29, 1.82) is 0 Å². The monoisotopic (exact) mass is 283 g/mol. The van der Waals surface area contributed by atoms with E-state index in [0.717, 1.165) is 22.5 Å². The number of hydrogen-bond donors (Lipinski definition) is 1. The molecule has 0 spiro atoms. The molecule has 0 aliphatic carbocycles. The number of carbonyl (C=O) groups is 1. The maximum atomic E-state index is 12.3. The number of rotatable bonds is 3. The summed E-state index contributed by atoms with van der Waals surface area (Å²) in [5.74, 6) is 0.0732. The first kappa shape index (κ1) is 15.2. The van der Waals surface area contributed by atoms with Crippen LogP contribution >= 0.6 is 0 Å². The number of amides is 1. The summed E-state index contributed by atoms with van der Waals surface area (Å²) in [5.41, 5.74) is 5.35. The van der Waals surface area contributed by atoms with E-state index >= 15 is 0 Å². The number of aryl methyl sites for hydroxylation is 3. The van der Waals surface area contributed by atoms with E-state index in [1.807, 2.05) is 40.7 Å². The minimum Gasteiger partial charge on any atom is -0.320 e. The van der Waals surface area contributed by atoms with Crippen LogP contribution in [0.5, 0.6) is 0 Å². The predicted molar refractivity (Wildman–Crippen MR) is 84.7 cm³/mol. The average Bonchev–Trinajstić information content (AvgIpc) is 2.42. The zero-order chi connectivity index (χ0) is 15.6. The Morgan fingerprint density at radius 3 is 2.14 bits per heavy atom. The number of nitrogens with zero attached hydrogens (tertiary/aromatic N) is 2. The molecule has 0 aliphatic rings. The topological polar surface area (TPSA) is 54.9 Å². The van der Waals surface area contributed by atoms with Crippen LogP contribution in [0.3, 0.4) is 0 Å². The Bertz CT molecular complexity index is 637. The third kappa shape index (κ3) is 3.45. The van der Waals surface area contributed by atoms with Gasteiger partial charge >= 0.3 is 0 Å². The molecular weight excluding hydrogens is 262 g/mol. The highest BCUT2D eigenvalue weighted by molar-refractivity contribution is 6.03. The van der Waals surface area contributed by atoms with Crippen molar-refractivity contribution in [3.8, 4) is 0 Å². The third-order valence-corrected chi connectivity index (χ3v) is 3.42. The highest BCUT2D eigenvalue weighted by atomic mass is 16.1. The highest BCUT2D eigenvalue weighted by Gasteiger charge is 2.12. The zero-order valence-corrected chi connectivity index (χ0v) is 13.2. The first-order chi connectivity index (χ1) is 9.88. The SMILES string of the molecule is Cc1cc(C)c(NC(=O)c2ccc(C(C)C)nn2)c(C)c1. The van der Waals surface area contributed by atoms with Crippen molar-refractivity contribution in [3.05, 3.63) is 52.3 Å². The lowest BCUT2D eigenvalue weighted by Gasteiger charge is -2.12. The van der Waals surface area contributed by atoms with Crippen LogP contribution in [-0.2, 0) is 0 Å². The van der Waals surface area contributed by atoms with Crippen LogP contribution < -0.4 is 5.32 Å². The molecule has 0 atom stereocenters. The Morgan fingerprint density at radius 2 is 1.67 bits per heavy atom. The van der Waals surface area contributed by atoms with Crippen LogP contribution in [0, 0.1) is 20.8 Å². The minimum atomic E-state index is -0.229. The molecule has 0 radical (unpaired) electrons. The number of benzene rings is 1. The molecule has 1 aromatic heterocycles. The largest absolute Gasteiger partial charge is 0.320 e. The molecule has 1 heterocycles. The molecule has 4 nitrogen and oxygen atoms in total. The van der Waals surface area contributed by atoms with Crippen LogP contribution in [0.1, 0.15) is 52.6 Å². The molecule has 0 saturated carbocycles. The van der Waals surface area contributed by atoms with Gasteiger partial charge in [0.25, 0.3) is 5.91 Å². The molecule has 0 fully saturated rings. The molecule has 1 amide bonds. The summed E-state index contributed by atoms with van der Waals surface area (Å²) >= 11 is 0. The molecule has 0 unspecified atom stereocenters. The van der Waals surface area contributed by atoms with Crippen LogP contribution in [0.4, 0.5) is 5.69 Å². The van der Waals surface area contributed by atoms with Gasteiger partial charge in [0.05, 0.1) is 5.69 Å². The molecule has 1 aromatic carbocycles. The highest BCUT2D eigenvalue weighted by Crippen LogP contribution is 2.22. The van der Waals surface area contributed by atoms with Gasteiger partial charge in [-0.2, -0.15) is 5.10 Å². The molecular formula is C17H21N3O. The van der Waals surface area contributed by atoms with Gasteiger partial charge in [0.2, 0.25) is 0 Å². The van der Waals surface area contributed by atoms with E-state index < -0.39 is 0 Å². The van der Waals surface area contributed by atoms with Crippen LogP contribution in [0.2, 0.25) is 0 Å². The van der Waals surface area contributed by atoms with Gasteiger partial charge < -0.3 is 5.32 Å². The summed E-state index contributed by atoms with van der Waals surface area (Å²) < 4.78 is 0. The van der Waals surface area contributed by atoms with Gasteiger partial charge in [-0.25, -0.2) is 0 Å². The van der Waals surface area contributed by atoms with E-state index in [0.29, 0.717) is 11.6 Å². The fourth-order valence-corrected chi connectivity index (χ4v) is 2.33. The average molecular weight is 283 g/mol. The third-order valence-electron chi connectivity index (χ3n) is 3.42. The lowest BCUT2D eigenvalue weighted by atomic mass is 10.0. The summed E-state index contributed by atoms with van der Waals surface area (Å²) in [6.45, 7) is 10.1. The van der Waals surface area contributed by atoms with E-state index in [2.05, 4.69) is 27.6 Å². The van der Waals surface area contributed by atoms with Crippen molar-refractivity contribution in [2.45, 2.75) is 40.5 Å². The quantitative estimate of drug-likeness (QED) is 0.932. The zero-order valence-electron chi connectivity index (χ0n) is 13.2. The molecule has 2 rings (SSSR count). The van der Waals surface area contributed by atoms with E-state index in [4.69, 9.17) is 0 Å². The molecule has 110 valence electrons. The van der Waals surface area contributed by atoms with Crippen molar-refractivity contribution in [3.63, 3.8) is 0 Å². The Balaban J connectivity index is 2.22. The van der Waals surface area contributed by atoms with E-state index in [9.17, 15) is 4.79 Å². The molecule has 0 aliphatic heterocycles. The molecule has 4 heteroatoms. The fourth-order valence-electron chi connectivity index (χ4n) is 2.33. The number of nitrogens with one attached hydrogen (secondary N) is 1. The second kappa shape index (κ2) is 6.04. The van der Waals surface area contributed by atoms with E-state index in [1.165, 1.54) is 5.56 Å². The van der Waals surface area contributed by atoms with Crippen LogP contribution in [-0.4, -0.2) is 16.1 Å². The van der Waals surface area contributed by atoms with Crippen molar-refractivity contribution in [1.82, 2.24) is 10.2 Å². The summed E-state index contributed by atoms with van der Waals surface area (Å²) in [6.07, 6.45) is 0. The summed E-state index contributed by atoms with van der Waals surface area (Å²) in [4.78, 5) is 12.3. The maximum Gasteiger partial charge on any atom is 0.276 e. The van der Waals surface area contributed by atoms with Crippen LogP contribution in [0.25, 0.3) is 0 Å². The van der Waals surface area contributed by atoms with Gasteiger partial charge in [-0.15, -0.1) is 5.10 Å². The van der Waals surface area contributed by atoms with Crippen LogP contribution in [0.15, 0.2) is 24.3 Å². The fraction of sp³-hybridized carbons (Fsp3) is 0.353. The first-order valence-electron chi connectivity index (χ1n) is 7.11. The summed E-state index contributed by atoms with van der Waals surface area (Å²) in [6, 6.07) is 7.67.